The molecule has 1 fully saturated rings. The van der Waals surface area contributed by atoms with Crippen molar-refractivity contribution in [2.75, 3.05) is 24.4 Å². The predicted molar refractivity (Wildman–Crippen MR) is 133 cm³/mol. The lowest BCUT2D eigenvalue weighted by atomic mass is 10.1. The molecule has 3 aromatic carbocycles. The summed E-state index contributed by atoms with van der Waals surface area (Å²) < 4.78 is 23.8. The molecule has 36 heavy (non-hydrogen) atoms. The molecule has 0 spiro atoms. The van der Waals surface area contributed by atoms with Crippen LogP contribution in [0.5, 0.6) is 11.5 Å². The van der Waals surface area contributed by atoms with Gasteiger partial charge in [0.1, 0.15) is 11.9 Å². The number of carbonyl (C=O) groups is 3. The number of hydrogen-bond acceptors (Lipinski definition) is 5. The maximum Gasteiger partial charge on any atom is 0.332 e. The molecule has 0 unspecified atom stereocenters. The van der Waals surface area contributed by atoms with Crippen LogP contribution >= 0.6 is 0 Å². The fraction of sp³-hybridized carbons (Fsp3) is 0.222. The third-order valence-electron chi connectivity index (χ3n) is 5.92. The zero-order valence-corrected chi connectivity index (χ0v) is 20.2. The van der Waals surface area contributed by atoms with E-state index >= 15 is 0 Å². The van der Waals surface area contributed by atoms with E-state index in [1.165, 1.54) is 43.4 Å². The van der Waals surface area contributed by atoms with Crippen molar-refractivity contribution < 1.29 is 28.2 Å². The molecule has 8 nitrogen and oxygen atoms in total. The first-order valence-electron chi connectivity index (χ1n) is 11.3. The summed E-state index contributed by atoms with van der Waals surface area (Å²) in [5, 5.41) is 2.66. The summed E-state index contributed by atoms with van der Waals surface area (Å²) in [6, 6.07) is 15.9. The number of imide groups is 1. The number of hydrogen-bond donors (Lipinski definition) is 1. The minimum Gasteiger partial charge on any atom is -0.493 e. The number of ether oxygens (including phenoxy) is 2. The fourth-order valence-electron chi connectivity index (χ4n) is 4.04. The van der Waals surface area contributed by atoms with Crippen molar-refractivity contribution in [1.82, 2.24) is 4.90 Å². The van der Waals surface area contributed by atoms with Gasteiger partial charge in [0.05, 0.1) is 26.3 Å². The van der Waals surface area contributed by atoms with Gasteiger partial charge in [-0.25, -0.2) is 14.1 Å². The first-order chi connectivity index (χ1) is 17.3. The normalized spacial score (nSPS) is 15.3. The summed E-state index contributed by atoms with van der Waals surface area (Å²) in [5.41, 5.74) is 2.49. The first kappa shape index (κ1) is 24.7. The molecule has 1 saturated heterocycles. The third kappa shape index (κ3) is 5.14. The van der Waals surface area contributed by atoms with Gasteiger partial charge in [-0.2, -0.15) is 0 Å². The Morgan fingerprint density at radius 2 is 1.61 bits per heavy atom. The summed E-state index contributed by atoms with van der Waals surface area (Å²) in [6.45, 7) is 1.98. The minimum atomic E-state index is -1.03. The highest BCUT2D eigenvalue weighted by Crippen LogP contribution is 2.32. The van der Waals surface area contributed by atoms with Crippen LogP contribution in [0.1, 0.15) is 17.5 Å². The van der Waals surface area contributed by atoms with Crippen LogP contribution in [0.3, 0.4) is 0 Å². The molecular formula is C27H26FN3O5. The maximum atomic E-state index is 13.5. The maximum absolute atomic E-state index is 13.5. The molecule has 186 valence electrons. The molecule has 4 amide bonds. The Morgan fingerprint density at radius 3 is 2.25 bits per heavy atom. The summed E-state index contributed by atoms with van der Waals surface area (Å²) in [6.07, 6.45) is -0.266. The molecule has 0 bridgehead atoms. The lowest BCUT2D eigenvalue weighted by Gasteiger charge is -2.22. The predicted octanol–water partition coefficient (Wildman–Crippen LogP) is 4.52. The molecule has 3 aromatic rings. The van der Waals surface area contributed by atoms with E-state index in [1.54, 1.807) is 30.3 Å². The van der Waals surface area contributed by atoms with Gasteiger partial charge in [-0.15, -0.1) is 0 Å². The smallest absolute Gasteiger partial charge is 0.332 e. The molecule has 0 radical (unpaired) electrons. The summed E-state index contributed by atoms with van der Waals surface area (Å²) in [4.78, 5) is 42.2. The Bertz CT molecular complexity index is 1280. The van der Waals surface area contributed by atoms with Gasteiger partial charge in [-0.1, -0.05) is 23.8 Å². The van der Waals surface area contributed by atoms with E-state index < -0.39 is 29.7 Å². The topological polar surface area (TPSA) is 88.2 Å². The Balaban J connectivity index is 1.62. The molecular weight excluding hydrogens is 465 g/mol. The van der Waals surface area contributed by atoms with Gasteiger partial charge >= 0.3 is 6.03 Å². The van der Waals surface area contributed by atoms with Gasteiger partial charge in [-0.05, 0) is 61.0 Å². The van der Waals surface area contributed by atoms with Crippen LogP contribution in [-0.4, -0.2) is 43.0 Å². The van der Waals surface area contributed by atoms with E-state index in [9.17, 15) is 18.8 Å². The zero-order chi connectivity index (χ0) is 25.8. The quantitative estimate of drug-likeness (QED) is 0.468. The second kappa shape index (κ2) is 10.5. The van der Waals surface area contributed by atoms with E-state index in [-0.39, 0.29) is 13.0 Å². The van der Waals surface area contributed by atoms with Crippen molar-refractivity contribution in [2.45, 2.75) is 25.9 Å². The zero-order valence-electron chi connectivity index (χ0n) is 20.2. The van der Waals surface area contributed by atoms with Crippen molar-refractivity contribution in [3.63, 3.8) is 0 Å². The van der Waals surface area contributed by atoms with Crippen LogP contribution in [0.15, 0.2) is 66.7 Å². The van der Waals surface area contributed by atoms with Gasteiger partial charge in [0.2, 0.25) is 5.91 Å². The van der Waals surface area contributed by atoms with Gasteiger partial charge in [0, 0.05) is 12.2 Å². The van der Waals surface area contributed by atoms with Gasteiger partial charge in [0.15, 0.2) is 11.5 Å². The third-order valence-corrected chi connectivity index (χ3v) is 5.92. The summed E-state index contributed by atoms with van der Waals surface area (Å²) >= 11 is 0. The second-order valence-corrected chi connectivity index (χ2v) is 8.38. The second-order valence-electron chi connectivity index (χ2n) is 8.38. The number of aryl methyl sites for hydroxylation is 1. The lowest BCUT2D eigenvalue weighted by molar-refractivity contribution is -0.124. The van der Waals surface area contributed by atoms with Crippen molar-refractivity contribution in [1.29, 1.82) is 0 Å². The van der Waals surface area contributed by atoms with Crippen molar-refractivity contribution in [3.8, 4) is 11.5 Å². The Morgan fingerprint density at radius 1 is 0.944 bits per heavy atom. The number of rotatable bonds is 8. The van der Waals surface area contributed by atoms with E-state index in [4.69, 9.17) is 9.47 Å². The van der Waals surface area contributed by atoms with E-state index in [1.807, 2.05) is 19.1 Å². The van der Waals surface area contributed by atoms with Crippen LogP contribution < -0.4 is 19.7 Å². The van der Waals surface area contributed by atoms with Crippen LogP contribution in [0.4, 0.5) is 20.6 Å². The molecule has 9 heteroatoms. The Labute approximate surface area is 208 Å². The SMILES string of the molecule is COc1ccc(CN2C(=O)N(c3ccc(C)cc3)C(=O)[C@@H]2CC(=O)Nc2ccc(F)cc2)cc1OC. The fourth-order valence-corrected chi connectivity index (χ4v) is 4.04. The van der Waals surface area contributed by atoms with Crippen molar-refractivity contribution >= 4 is 29.2 Å². The molecule has 1 atom stereocenters. The average Bonchev–Trinajstić information content (AvgIpc) is 3.09. The number of urea groups is 1. The summed E-state index contributed by atoms with van der Waals surface area (Å²) in [7, 11) is 3.03. The summed E-state index contributed by atoms with van der Waals surface area (Å²) in [5.74, 6) is -0.399. The van der Waals surface area contributed by atoms with Gasteiger partial charge in [-0.3, -0.25) is 9.59 Å². The molecule has 0 aromatic heterocycles. The minimum absolute atomic E-state index is 0.0712. The van der Waals surface area contributed by atoms with Crippen LogP contribution in [0, 0.1) is 12.7 Å². The van der Waals surface area contributed by atoms with E-state index in [2.05, 4.69) is 5.32 Å². The number of anilines is 2. The highest BCUT2D eigenvalue weighted by molar-refractivity contribution is 6.22. The number of nitrogens with zero attached hydrogens (tertiary/aromatic N) is 2. The van der Waals surface area contributed by atoms with Gasteiger partial charge < -0.3 is 19.7 Å². The first-order valence-corrected chi connectivity index (χ1v) is 11.3. The molecule has 0 aliphatic carbocycles. The molecule has 1 heterocycles. The lowest BCUT2D eigenvalue weighted by Crippen LogP contribution is -2.37. The number of nitrogens with one attached hydrogen (secondary N) is 1. The molecule has 1 aliphatic heterocycles. The van der Waals surface area contributed by atoms with Crippen LogP contribution in [0.2, 0.25) is 0 Å². The Kier molecular flexibility index (Phi) is 7.19. The van der Waals surface area contributed by atoms with Crippen LogP contribution in [0.25, 0.3) is 0 Å². The number of amides is 4. The van der Waals surface area contributed by atoms with Crippen LogP contribution in [-0.2, 0) is 16.1 Å². The molecule has 1 N–H and O–H groups in total. The highest BCUT2D eigenvalue weighted by atomic mass is 19.1. The average molecular weight is 492 g/mol. The van der Waals surface area contributed by atoms with E-state index in [0.717, 1.165) is 10.5 Å². The highest BCUT2D eigenvalue weighted by Gasteiger charge is 2.46. The number of carbonyl (C=O) groups excluding carboxylic acids is 3. The number of methoxy groups -OCH3 is 2. The monoisotopic (exact) mass is 491 g/mol. The Hall–Kier alpha value is -4.40. The standard InChI is InChI=1S/C27H26FN3O5/c1-17-4-11-21(12-5-17)31-26(33)22(15-25(32)29-20-9-7-19(28)8-10-20)30(27(31)34)16-18-6-13-23(35-2)24(14-18)36-3/h4-14,22H,15-16H2,1-3H3,(H,29,32)/t22-/m0/s1. The number of benzene rings is 3. The van der Waals surface area contributed by atoms with Crippen molar-refractivity contribution in [3.05, 3.63) is 83.7 Å². The van der Waals surface area contributed by atoms with Crippen molar-refractivity contribution in [2.24, 2.45) is 0 Å². The molecule has 0 saturated carbocycles. The molecule has 4 rings (SSSR count). The van der Waals surface area contributed by atoms with Gasteiger partial charge in [0.25, 0.3) is 5.91 Å². The largest absolute Gasteiger partial charge is 0.493 e. The molecule has 1 aliphatic rings. The number of halogens is 1. The van der Waals surface area contributed by atoms with E-state index in [0.29, 0.717) is 28.4 Å².